The van der Waals surface area contributed by atoms with Gasteiger partial charge in [-0.15, -0.1) is 0 Å². The molecule has 2 aromatic carbocycles. The van der Waals surface area contributed by atoms with Crippen molar-refractivity contribution in [1.82, 2.24) is 0 Å². The van der Waals surface area contributed by atoms with Gasteiger partial charge in [0.1, 0.15) is 11.5 Å². The van der Waals surface area contributed by atoms with Crippen LogP contribution in [0.3, 0.4) is 0 Å². The molecule has 0 saturated heterocycles. The van der Waals surface area contributed by atoms with E-state index in [1.807, 2.05) is 20.8 Å². The van der Waals surface area contributed by atoms with Crippen molar-refractivity contribution in [2.24, 2.45) is 0 Å². The van der Waals surface area contributed by atoms with Gasteiger partial charge < -0.3 is 10.2 Å². The standard InChI is InChI=1S/C19H19NO4/c1-10-7-16(22)14(19(2,3)4)9-15(10)20-17(23)12-6-5-11(21)8-13(12)18(20)24/h5-9,21-22H,1-4H3. The minimum absolute atomic E-state index is 0.0606. The van der Waals surface area contributed by atoms with Crippen molar-refractivity contribution in [2.75, 3.05) is 4.90 Å². The first-order valence-electron chi connectivity index (χ1n) is 7.67. The fraction of sp³-hybridized carbons (Fsp3) is 0.263. The van der Waals surface area contributed by atoms with Gasteiger partial charge in [0.15, 0.2) is 0 Å². The van der Waals surface area contributed by atoms with Crippen molar-refractivity contribution < 1.29 is 19.8 Å². The number of imide groups is 1. The number of amides is 2. The molecule has 2 aromatic rings. The number of benzene rings is 2. The second-order valence-corrected chi connectivity index (χ2v) is 7.08. The second-order valence-electron chi connectivity index (χ2n) is 7.08. The van der Waals surface area contributed by atoms with E-state index < -0.39 is 11.8 Å². The summed E-state index contributed by atoms with van der Waals surface area (Å²) in [6, 6.07) is 7.39. The first kappa shape index (κ1) is 16.1. The van der Waals surface area contributed by atoms with Crippen molar-refractivity contribution in [2.45, 2.75) is 33.1 Å². The Morgan fingerprint density at radius 3 is 2.17 bits per heavy atom. The lowest BCUT2D eigenvalue weighted by Crippen LogP contribution is -2.30. The number of aryl methyl sites for hydroxylation is 1. The number of hydrogen-bond acceptors (Lipinski definition) is 4. The molecule has 24 heavy (non-hydrogen) atoms. The van der Waals surface area contributed by atoms with Gasteiger partial charge >= 0.3 is 0 Å². The Morgan fingerprint density at radius 1 is 0.917 bits per heavy atom. The number of nitrogens with zero attached hydrogens (tertiary/aromatic N) is 1. The quantitative estimate of drug-likeness (QED) is 0.787. The minimum atomic E-state index is -0.473. The number of rotatable bonds is 1. The SMILES string of the molecule is Cc1cc(O)c(C(C)(C)C)cc1N1C(=O)c2ccc(O)cc2C1=O. The molecule has 0 saturated carbocycles. The van der Waals surface area contributed by atoms with E-state index in [1.165, 1.54) is 18.2 Å². The molecule has 1 aliphatic heterocycles. The maximum absolute atomic E-state index is 12.7. The number of phenolic OH excluding ortho intramolecular Hbond substituents is 2. The van der Waals surface area contributed by atoms with Crippen LogP contribution in [-0.4, -0.2) is 22.0 Å². The highest BCUT2D eigenvalue weighted by molar-refractivity contribution is 6.34. The van der Waals surface area contributed by atoms with Gasteiger partial charge in [0, 0.05) is 5.56 Å². The van der Waals surface area contributed by atoms with Gasteiger partial charge in [0.25, 0.3) is 11.8 Å². The number of carbonyl (C=O) groups excluding carboxylic acids is 2. The summed E-state index contributed by atoms with van der Waals surface area (Å²) >= 11 is 0. The molecule has 0 atom stereocenters. The normalized spacial score (nSPS) is 14.2. The third kappa shape index (κ3) is 2.33. The number of aromatic hydroxyl groups is 2. The lowest BCUT2D eigenvalue weighted by molar-refractivity contribution is 0.0925. The Balaban J connectivity index is 2.17. The molecule has 5 heteroatoms. The predicted octanol–water partition coefficient (Wildman–Crippen LogP) is 3.50. The van der Waals surface area contributed by atoms with Crippen LogP contribution in [0.2, 0.25) is 0 Å². The van der Waals surface area contributed by atoms with Gasteiger partial charge in [-0.1, -0.05) is 20.8 Å². The van der Waals surface area contributed by atoms with Crippen LogP contribution in [-0.2, 0) is 5.41 Å². The van der Waals surface area contributed by atoms with Crippen LogP contribution in [0.25, 0.3) is 0 Å². The third-order valence-electron chi connectivity index (χ3n) is 4.23. The summed E-state index contributed by atoms with van der Waals surface area (Å²) in [5.74, 6) is -0.823. The molecule has 2 N–H and O–H groups in total. The van der Waals surface area contributed by atoms with E-state index in [2.05, 4.69) is 0 Å². The van der Waals surface area contributed by atoms with Crippen molar-refractivity contribution >= 4 is 17.5 Å². The van der Waals surface area contributed by atoms with Gasteiger partial charge in [-0.3, -0.25) is 9.59 Å². The van der Waals surface area contributed by atoms with E-state index in [1.54, 1.807) is 19.1 Å². The number of anilines is 1. The van der Waals surface area contributed by atoms with Crippen LogP contribution in [0, 0.1) is 6.92 Å². The zero-order chi connectivity index (χ0) is 17.8. The van der Waals surface area contributed by atoms with Crippen LogP contribution < -0.4 is 4.90 Å². The molecule has 0 spiro atoms. The van der Waals surface area contributed by atoms with E-state index in [-0.39, 0.29) is 28.0 Å². The van der Waals surface area contributed by atoms with Gasteiger partial charge in [-0.2, -0.15) is 0 Å². The molecule has 0 fully saturated rings. The summed E-state index contributed by atoms with van der Waals surface area (Å²) in [5.41, 5.74) is 1.83. The summed E-state index contributed by atoms with van der Waals surface area (Å²) in [7, 11) is 0. The molecular weight excluding hydrogens is 306 g/mol. The highest BCUT2D eigenvalue weighted by atomic mass is 16.3. The number of carbonyl (C=O) groups is 2. The number of hydrogen-bond donors (Lipinski definition) is 2. The summed E-state index contributed by atoms with van der Waals surface area (Å²) < 4.78 is 0. The summed E-state index contributed by atoms with van der Waals surface area (Å²) in [4.78, 5) is 26.5. The molecular formula is C19H19NO4. The van der Waals surface area contributed by atoms with Crippen molar-refractivity contribution in [1.29, 1.82) is 0 Å². The zero-order valence-corrected chi connectivity index (χ0v) is 14.0. The molecule has 1 heterocycles. The molecule has 0 aromatic heterocycles. The van der Waals surface area contributed by atoms with Gasteiger partial charge in [-0.05, 0) is 48.2 Å². The van der Waals surface area contributed by atoms with Crippen LogP contribution >= 0.6 is 0 Å². The Morgan fingerprint density at radius 2 is 1.54 bits per heavy atom. The molecule has 0 aliphatic carbocycles. The number of fused-ring (bicyclic) bond motifs is 1. The summed E-state index contributed by atoms with van der Waals surface area (Å²) in [5, 5.41) is 19.8. The first-order chi connectivity index (χ1) is 11.1. The number of phenols is 2. The Hall–Kier alpha value is -2.82. The first-order valence-corrected chi connectivity index (χ1v) is 7.67. The lowest BCUT2D eigenvalue weighted by Gasteiger charge is -2.24. The molecule has 1 aliphatic rings. The van der Waals surface area contributed by atoms with E-state index in [0.717, 1.165) is 4.90 Å². The van der Waals surface area contributed by atoms with E-state index in [4.69, 9.17) is 0 Å². The zero-order valence-electron chi connectivity index (χ0n) is 14.0. The average molecular weight is 325 g/mol. The molecule has 0 radical (unpaired) electrons. The maximum atomic E-state index is 12.7. The summed E-state index contributed by atoms with van der Waals surface area (Å²) in [6.07, 6.45) is 0. The van der Waals surface area contributed by atoms with E-state index in [9.17, 15) is 19.8 Å². The molecule has 0 unspecified atom stereocenters. The fourth-order valence-corrected chi connectivity index (χ4v) is 2.97. The Kier molecular flexibility index (Phi) is 3.41. The smallest absolute Gasteiger partial charge is 0.266 e. The topological polar surface area (TPSA) is 77.8 Å². The van der Waals surface area contributed by atoms with Crippen LogP contribution in [0.4, 0.5) is 5.69 Å². The van der Waals surface area contributed by atoms with Crippen LogP contribution in [0.5, 0.6) is 11.5 Å². The monoisotopic (exact) mass is 325 g/mol. The molecule has 5 nitrogen and oxygen atoms in total. The highest BCUT2D eigenvalue weighted by Gasteiger charge is 2.38. The third-order valence-corrected chi connectivity index (χ3v) is 4.23. The van der Waals surface area contributed by atoms with Crippen molar-refractivity contribution in [3.63, 3.8) is 0 Å². The Labute approximate surface area is 140 Å². The van der Waals surface area contributed by atoms with Crippen LogP contribution in [0.15, 0.2) is 30.3 Å². The highest BCUT2D eigenvalue weighted by Crippen LogP contribution is 2.39. The van der Waals surface area contributed by atoms with E-state index >= 15 is 0 Å². The Bertz CT molecular complexity index is 878. The molecule has 3 rings (SSSR count). The average Bonchev–Trinajstić information content (AvgIpc) is 2.70. The lowest BCUT2D eigenvalue weighted by atomic mass is 9.85. The molecule has 124 valence electrons. The predicted molar refractivity (Wildman–Crippen MR) is 90.8 cm³/mol. The largest absolute Gasteiger partial charge is 0.508 e. The molecule has 0 bridgehead atoms. The van der Waals surface area contributed by atoms with Gasteiger partial charge in [0.2, 0.25) is 0 Å². The van der Waals surface area contributed by atoms with Crippen molar-refractivity contribution in [3.8, 4) is 11.5 Å². The van der Waals surface area contributed by atoms with Gasteiger partial charge in [0.05, 0.1) is 16.8 Å². The molecule has 2 amide bonds. The summed E-state index contributed by atoms with van der Waals surface area (Å²) in [6.45, 7) is 7.58. The minimum Gasteiger partial charge on any atom is -0.508 e. The maximum Gasteiger partial charge on any atom is 0.266 e. The fourth-order valence-electron chi connectivity index (χ4n) is 2.97. The van der Waals surface area contributed by atoms with E-state index in [0.29, 0.717) is 16.8 Å². The van der Waals surface area contributed by atoms with Crippen LogP contribution in [0.1, 0.15) is 52.6 Å². The van der Waals surface area contributed by atoms with Crippen molar-refractivity contribution in [3.05, 3.63) is 52.6 Å². The second kappa shape index (κ2) is 5.09. The van der Waals surface area contributed by atoms with Gasteiger partial charge in [-0.25, -0.2) is 4.90 Å².